The van der Waals surface area contributed by atoms with Crippen molar-refractivity contribution in [1.29, 1.82) is 0 Å². The fourth-order valence-corrected chi connectivity index (χ4v) is 5.38. The summed E-state index contributed by atoms with van der Waals surface area (Å²) in [6.07, 6.45) is 6.59. The van der Waals surface area contributed by atoms with Gasteiger partial charge in [-0.15, -0.1) is 0 Å². The summed E-state index contributed by atoms with van der Waals surface area (Å²) < 4.78 is 40.9. The zero-order valence-electron chi connectivity index (χ0n) is 29.7. The summed E-state index contributed by atoms with van der Waals surface area (Å²) in [5.41, 5.74) is 0.0382. The lowest BCUT2D eigenvalue weighted by Gasteiger charge is -2.26. The van der Waals surface area contributed by atoms with Gasteiger partial charge in [0.1, 0.15) is 46.8 Å². The van der Waals surface area contributed by atoms with Gasteiger partial charge in [0, 0.05) is 31.8 Å². The Bertz CT molecular complexity index is 1470. The SMILES string of the molecule is COCOc1cc(OCCCN(C(=O)OC(C)(C)C)c2ccccn2)cc2c1C(=O)OC(C)[C@H](C)/C=C\C(O)[C@H]1OC(C)(C)O[C@H]1CC=C2. The molecule has 268 valence electrons. The summed E-state index contributed by atoms with van der Waals surface area (Å²) in [6.45, 7) is 13.1. The molecule has 2 aliphatic heterocycles. The molecule has 49 heavy (non-hydrogen) atoms. The van der Waals surface area contributed by atoms with Crippen molar-refractivity contribution in [3.8, 4) is 11.5 Å². The fraction of sp³-hybridized carbons (Fsp3) is 0.541. The lowest BCUT2D eigenvalue weighted by molar-refractivity contribution is -0.152. The Hall–Kier alpha value is -3.97. The number of esters is 1. The second-order valence-electron chi connectivity index (χ2n) is 13.6. The van der Waals surface area contributed by atoms with E-state index in [4.69, 9.17) is 33.2 Å². The number of fused-ring (bicyclic) bond motifs is 2. The Balaban J connectivity index is 1.61. The summed E-state index contributed by atoms with van der Waals surface area (Å²) in [7, 11) is 1.49. The second kappa shape index (κ2) is 16.6. The molecule has 2 aromatic rings. The summed E-state index contributed by atoms with van der Waals surface area (Å²) in [5, 5.41) is 11.0. The highest BCUT2D eigenvalue weighted by molar-refractivity contribution is 5.97. The number of methoxy groups -OCH3 is 1. The summed E-state index contributed by atoms with van der Waals surface area (Å²) in [6, 6.07) is 8.68. The molecule has 1 amide bonds. The van der Waals surface area contributed by atoms with Crippen LogP contribution in [0.2, 0.25) is 0 Å². The molecule has 1 aromatic heterocycles. The number of ether oxygens (including phenoxy) is 7. The Morgan fingerprint density at radius 2 is 1.90 bits per heavy atom. The number of aromatic nitrogens is 1. The first-order valence-electron chi connectivity index (χ1n) is 16.6. The number of rotatable bonds is 9. The first-order chi connectivity index (χ1) is 23.2. The van der Waals surface area contributed by atoms with Crippen LogP contribution >= 0.6 is 0 Å². The molecule has 0 radical (unpaired) electrons. The number of aliphatic hydroxyl groups excluding tert-OH is 1. The number of hydrogen-bond donors (Lipinski definition) is 1. The average molecular weight is 683 g/mol. The van der Waals surface area contributed by atoms with Crippen molar-refractivity contribution in [2.45, 2.75) is 97.1 Å². The number of hydrogen-bond acceptors (Lipinski definition) is 11. The summed E-state index contributed by atoms with van der Waals surface area (Å²) >= 11 is 0. The Labute approximate surface area is 288 Å². The highest BCUT2D eigenvalue weighted by atomic mass is 16.8. The van der Waals surface area contributed by atoms with Gasteiger partial charge in [0.05, 0.1) is 12.7 Å². The maximum Gasteiger partial charge on any atom is 0.416 e. The molecule has 2 aliphatic rings. The summed E-state index contributed by atoms with van der Waals surface area (Å²) in [4.78, 5) is 32.5. The summed E-state index contributed by atoms with van der Waals surface area (Å²) in [5.74, 6) is -0.540. The zero-order valence-corrected chi connectivity index (χ0v) is 29.7. The number of cyclic esters (lactones) is 1. The quantitative estimate of drug-likeness (QED) is 0.138. The predicted octanol–water partition coefficient (Wildman–Crippen LogP) is 6.31. The van der Waals surface area contributed by atoms with E-state index in [-0.39, 0.29) is 37.2 Å². The van der Waals surface area contributed by atoms with E-state index in [0.29, 0.717) is 30.0 Å². The van der Waals surface area contributed by atoms with Gasteiger partial charge in [-0.3, -0.25) is 4.90 Å². The van der Waals surface area contributed by atoms with E-state index in [1.807, 2.05) is 53.7 Å². The maximum absolute atomic E-state index is 13.7. The minimum atomic E-state index is -0.918. The van der Waals surface area contributed by atoms with Gasteiger partial charge in [-0.2, -0.15) is 0 Å². The van der Waals surface area contributed by atoms with E-state index in [1.54, 1.807) is 55.6 Å². The normalized spacial score (nSPS) is 24.5. The fourth-order valence-electron chi connectivity index (χ4n) is 5.38. The number of carbonyl (C=O) groups is 2. The van der Waals surface area contributed by atoms with E-state index in [0.717, 1.165) is 0 Å². The van der Waals surface area contributed by atoms with Crippen LogP contribution in [-0.4, -0.2) is 85.0 Å². The standard InChI is InChI=1S/C37H50N2O10/c1-24-16-17-28(40)33-29(47-37(6,7)48-33)14-11-13-26-21-27(22-30(45-23-43-8)32(26)34(41)46-25(24)2)44-20-12-19-39(31-15-9-10-18-38-31)35(42)49-36(3,4)5/h9-11,13,15-18,21-22,24-25,28-29,33,40H,12,14,19-20,23H2,1-8H3/b13-11?,17-16-/t24-,25?,28?,29+,33-/m1/s1. The molecule has 1 aromatic carbocycles. The molecule has 12 nitrogen and oxygen atoms in total. The molecule has 12 heteroatoms. The van der Waals surface area contributed by atoms with Gasteiger partial charge in [0.15, 0.2) is 12.6 Å². The Morgan fingerprint density at radius 1 is 1.12 bits per heavy atom. The molecule has 4 rings (SSSR count). The second-order valence-corrected chi connectivity index (χ2v) is 13.6. The van der Waals surface area contributed by atoms with Crippen molar-refractivity contribution in [1.82, 2.24) is 4.98 Å². The number of benzene rings is 1. The molecule has 2 unspecified atom stereocenters. The van der Waals surface area contributed by atoms with Gasteiger partial charge in [-0.25, -0.2) is 14.6 Å². The van der Waals surface area contributed by atoms with E-state index < -0.39 is 47.9 Å². The van der Waals surface area contributed by atoms with Crippen molar-refractivity contribution in [3.05, 3.63) is 65.9 Å². The number of nitrogens with zero attached hydrogens (tertiary/aromatic N) is 2. The van der Waals surface area contributed by atoms with Crippen LogP contribution in [-0.2, 0) is 23.7 Å². The third-order valence-corrected chi connectivity index (χ3v) is 7.85. The molecule has 0 aliphatic carbocycles. The monoisotopic (exact) mass is 682 g/mol. The molecule has 0 bridgehead atoms. The largest absolute Gasteiger partial charge is 0.493 e. The molecule has 1 N–H and O–H groups in total. The Morgan fingerprint density at radius 3 is 2.59 bits per heavy atom. The molecule has 0 saturated carbocycles. The lowest BCUT2D eigenvalue weighted by Crippen LogP contribution is -2.38. The number of aliphatic hydroxyl groups is 1. The van der Waals surface area contributed by atoms with Crippen LogP contribution in [0.5, 0.6) is 11.5 Å². The van der Waals surface area contributed by atoms with Crippen molar-refractivity contribution < 1.29 is 47.9 Å². The van der Waals surface area contributed by atoms with E-state index in [2.05, 4.69) is 4.98 Å². The van der Waals surface area contributed by atoms with Crippen LogP contribution in [0.25, 0.3) is 6.08 Å². The molecular weight excluding hydrogens is 632 g/mol. The minimum Gasteiger partial charge on any atom is -0.493 e. The van der Waals surface area contributed by atoms with Crippen LogP contribution in [0.4, 0.5) is 10.6 Å². The molecule has 0 spiro atoms. The Kier molecular flexibility index (Phi) is 12.8. The topological polar surface area (TPSA) is 135 Å². The van der Waals surface area contributed by atoms with Crippen molar-refractivity contribution in [3.63, 3.8) is 0 Å². The lowest BCUT2D eigenvalue weighted by atomic mass is 9.99. The molecule has 5 atom stereocenters. The number of carbonyl (C=O) groups excluding carboxylic acids is 2. The number of anilines is 1. The van der Waals surface area contributed by atoms with Crippen LogP contribution in [0, 0.1) is 5.92 Å². The van der Waals surface area contributed by atoms with Crippen LogP contribution in [0.3, 0.4) is 0 Å². The van der Waals surface area contributed by atoms with Crippen LogP contribution < -0.4 is 14.4 Å². The van der Waals surface area contributed by atoms with Crippen LogP contribution in [0.1, 0.15) is 77.2 Å². The molecule has 3 heterocycles. The third-order valence-electron chi connectivity index (χ3n) is 7.85. The smallest absolute Gasteiger partial charge is 0.416 e. The van der Waals surface area contributed by atoms with Crippen molar-refractivity contribution in [2.75, 3.05) is 32.0 Å². The van der Waals surface area contributed by atoms with Gasteiger partial charge in [-0.05, 0) is 78.1 Å². The van der Waals surface area contributed by atoms with Crippen molar-refractivity contribution in [2.24, 2.45) is 5.92 Å². The molecular formula is C37H50N2O10. The number of amides is 1. The van der Waals surface area contributed by atoms with Crippen LogP contribution in [0.15, 0.2) is 54.8 Å². The zero-order chi connectivity index (χ0) is 35.8. The molecule has 1 saturated heterocycles. The van der Waals surface area contributed by atoms with Gasteiger partial charge in [0.2, 0.25) is 0 Å². The highest BCUT2D eigenvalue weighted by Gasteiger charge is 2.43. The highest BCUT2D eigenvalue weighted by Crippen LogP contribution is 2.35. The third kappa shape index (κ3) is 10.8. The minimum absolute atomic E-state index is 0.113. The maximum atomic E-state index is 13.7. The average Bonchev–Trinajstić information content (AvgIpc) is 3.35. The van der Waals surface area contributed by atoms with Gasteiger partial charge in [-0.1, -0.05) is 37.3 Å². The van der Waals surface area contributed by atoms with E-state index >= 15 is 0 Å². The first-order valence-corrected chi connectivity index (χ1v) is 16.6. The van der Waals surface area contributed by atoms with Gasteiger partial charge >= 0.3 is 12.1 Å². The predicted molar refractivity (Wildman–Crippen MR) is 184 cm³/mol. The molecule has 1 fully saturated rings. The van der Waals surface area contributed by atoms with Gasteiger partial charge in [0.25, 0.3) is 0 Å². The van der Waals surface area contributed by atoms with Crippen molar-refractivity contribution >= 4 is 24.0 Å². The van der Waals surface area contributed by atoms with E-state index in [1.165, 1.54) is 12.0 Å². The van der Waals surface area contributed by atoms with Gasteiger partial charge < -0.3 is 38.3 Å². The first kappa shape index (κ1) is 37.8. The number of pyridine rings is 1. The van der Waals surface area contributed by atoms with E-state index in [9.17, 15) is 14.7 Å².